The second-order valence-electron chi connectivity index (χ2n) is 7.10. The highest BCUT2D eigenvalue weighted by molar-refractivity contribution is 6.74. The predicted molar refractivity (Wildman–Crippen MR) is 94.1 cm³/mol. The third-order valence-corrected chi connectivity index (χ3v) is 8.53. The summed E-state index contributed by atoms with van der Waals surface area (Å²) in [7, 11) is -1.82. The van der Waals surface area contributed by atoms with E-state index in [1.54, 1.807) is 0 Å². The zero-order chi connectivity index (χ0) is 17.2. The summed E-state index contributed by atoms with van der Waals surface area (Å²) >= 11 is 0. The van der Waals surface area contributed by atoms with Crippen LogP contribution in [0.4, 0.5) is 4.79 Å². The number of primary amides is 1. The summed E-state index contributed by atoms with van der Waals surface area (Å²) in [6, 6.07) is 0. The van der Waals surface area contributed by atoms with Gasteiger partial charge in [-0.2, -0.15) is 0 Å². The van der Waals surface area contributed by atoms with Crippen LogP contribution in [0.3, 0.4) is 0 Å². The Balaban J connectivity index is 4.62. The van der Waals surface area contributed by atoms with Gasteiger partial charge in [-0.25, -0.2) is 4.79 Å². The highest BCUT2D eigenvalue weighted by Crippen LogP contribution is 2.37. The summed E-state index contributed by atoms with van der Waals surface area (Å²) in [5, 5.41) is 0.173. The van der Waals surface area contributed by atoms with Crippen molar-refractivity contribution in [2.75, 3.05) is 6.61 Å². The quantitative estimate of drug-likeness (QED) is 0.407. The van der Waals surface area contributed by atoms with Crippen LogP contribution in [0.15, 0.2) is 0 Å². The molecule has 0 aromatic heterocycles. The Hall–Kier alpha value is -0.993. The van der Waals surface area contributed by atoms with Gasteiger partial charge in [0, 0.05) is 6.42 Å². The van der Waals surface area contributed by atoms with Gasteiger partial charge >= 0.3 is 6.09 Å². The van der Waals surface area contributed by atoms with Crippen LogP contribution in [-0.4, -0.2) is 27.1 Å². The van der Waals surface area contributed by atoms with Gasteiger partial charge in [-0.15, -0.1) is 0 Å². The number of rotatable bonds is 8. The Bertz CT molecular complexity index is 391. The van der Waals surface area contributed by atoms with Crippen molar-refractivity contribution in [3.05, 3.63) is 0 Å². The van der Waals surface area contributed by atoms with Crippen molar-refractivity contribution >= 4 is 14.4 Å². The van der Waals surface area contributed by atoms with Gasteiger partial charge in [0.1, 0.15) is 12.7 Å². The van der Waals surface area contributed by atoms with E-state index < -0.39 is 14.4 Å². The molecule has 2 N–H and O–H groups in total. The van der Waals surface area contributed by atoms with Gasteiger partial charge in [0.15, 0.2) is 8.32 Å². The molecule has 0 aromatic carbocycles. The molecule has 22 heavy (non-hydrogen) atoms. The molecule has 0 rings (SSSR count). The standard InChI is InChI=1S/C17H33NO3Si/c1-7-8-9-12-15(13-10-11-14-20-16(18)19)21-22(5,6)17(2,3)4/h15H,7-9,11-12,14H2,1-6H3,(H2,18,19). The minimum absolute atomic E-state index is 0.0268. The summed E-state index contributed by atoms with van der Waals surface area (Å²) in [6.45, 7) is 13.6. The van der Waals surface area contributed by atoms with E-state index in [4.69, 9.17) is 10.2 Å². The van der Waals surface area contributed by atoms with Gasteiger partial charge < -0.3 is 14.9 Å². The molecule has 0 spiro atoms. The first-order valence-corrected chi connectivity index (χ1v) is 11.1. The maximum atomic E-state index is 10.5. The van der Waals surface area contributed by atoms with E-state index in [2.05, 4.69) is 57.4 Å². The number of hydrogen-bond donors (Lipinski definition) is 1. The van der Waals surface area contributed by atoms with E-state index >= 15 is 0 Å². The maximum absolute atomic E-state index is 10.5. The molecule has 0 heterocycles. The lowest BCUT2D eigenvalue weighted by atomic mass is 10.1. The molecule has 0 aliphatic rings. The van der Waals surface area contributed by atoms with Crippen molar-refractivity contribution in [2.24, 2.45) is 5.73 Å². The smallest absolute Gasteiger partial charge is 0.404 e. The lowest BCUT2D eigenvalue weighted by Gasteiger charge is -2.38. The summed E-state index contributed by atoms with van der Waals surface area (Å²) in [5.41, 5.74) is 4.92. The summed E-state index contributed by atoms with van der Waals surface area (Å²) in [4.78, 5) is 10.5. The number of ether oxygens (including phenoxy) is 1. The number of hydrogen-bond acceptors (Lipinski definition) is 3. The number of nitrogens with two attached hydrogens (primary N) is 1. The molecule has 0 aromatic rings. The van der Waals surface area contributed by atoms with Crippen molar-refractivity contribution in [3.63, 3.8) is 0 Å². The van der Waals surface area contributed by atoms with Crippen LogP contribution in [0, 0.1) is 11.8 Å². The van der Waals surface area contributed by atoms with E-state index in [0.717, 1.165) is 12.8 Å². The van der Waals surface area contributed by atoms with Gasteiger partial charge in [0.25, 0.3) is 0 Å². The van der Waals surface area contributed by atoms with Crippen molar-refractivity contribution < 1.29 is 14.0 Å². The van der Waals surface area contributed by atoms with Crippen LogP contribution in [0.2, 0.25) is 18.1 Å². The molecule has 0 saturated heterocycles. The van der Waals surface area contributed by atoms with Crippen molar-refractivity contribution in [2.45, 2.75) is 84.0 Å². The van der Waals surface area contributed by atoms with Gasteiger partial charge in [0.05, 0.1) is 0 Å². The van der Waals surface area contributed by atoms with E-state index in [-0.39, 0.29) is 17.7 Å². The lowest BCUT2D eigenvalue weighted by molar-refractivity contribution is 0.159. The monoisotopic (exact) mass is 327 g/mol. The average molecular weight is 328 g/mol. The van der Waals surface area contributed by atoms with E-state index in [9.17, 15) is 4.79 Å². The predicted octanol–water partition coefficient (Wildman–Crippen LogP) is 4.45. The van der Waals surface area contributed by atoms with Gasteiger partial charge in [0.2, 0.25) is 0 Å². The zero-order valence-corrected chi connectivity index (χ0v) is 16.1. The van der Waals surface area contributed by atoms with Crippen LogP contribution in [0.1, 0.15) is 59.8 Å². The minimum atomic E-state index is -1.82. The third kappa shape index (κ3) is 9.11. The van der Waals surface area contributed by atoms with Crippen molar-refractivity contribution in [1.29, 1.82) is 0 Å². The normalized spacial score (nSPS) is 13.2. The molecule has 1 unspecified atom stereocenters. The van der Waals surface area contributed by atoms with Gasteiger partial charge in [-0.1, -0.05) is 52.4 Å². The molecule has 0 radical (unpaired) electrons. The third-order valence-electron chi connectivity index (χ3n) is 4.05. The fraction of sp³-hybridized carbons (Fsp3) is 0.824. The SMILES string of the molecule is CCCCCC(C#CCCOC(N)=O)O[Si](C)(C)C(C)(C)C. The molecular formula is C17H33NO3Si. The highest BCUT2D eigenvalue weighted by atomic mass is 28.4. The number of amides is 1. The average Bonchev–Trinajstić information content (AvgIpc) is 2.36. The molecule has 1 atom stereocenters. The molecular weight excluding hydrogens is 294 g/mol. The van der Waals surface area contributed by atoms with E-state index in [1.165, 1.54) is 12.8 Å². The summed E-state index contributed by atoms with van der Waals surface area (Å²) in [6.07, 6.45) is 4.19. The van der Waals surface area contributed by atoms with Crippen molar-refractivity contribution in [1.82, 2.24) is 0 Å². The number of carbonyl (C=O) groups is 1. The first-order valence-electron chi connectivity index (χ1n) is 8.18. The van der Waals surface area contributed by atoms with Crippen LogP contribution in [0.5, 0.6) is 0 Å². The molecule has 0 saturated carbocycles. The second kappa shape index (κ2) is 9.91. The molecule has 5 heteroatoms. The molecule has 0 bridgehead atoms. The number of unbranched alkanes of at least 4 members (excludes halogenated alkanes) is 2. The topological polar surface area (TPSA) is 61.5 Å². The zero-order valence-electron chi connectivity index (χ0n) is 15.1. The maximum Gasteiger partial charge on any atom is 0.404 e. The first-order chi connectivity index (χ1) is 10.1. The fourth-order valence-corrected chi connectivity index (χ4v) is 2.90. The molecule has 128 valence electrons. The highest BCUT2D eigenvalue weighted by Gasteiger charge is 2.38. The van der Waals surface area contributed by atoms with Crippen LogP contribution in [-0.2, 0) is 9.16 Å². The minimum Gasteiger partial charge on any atom is -0.449 e. The van der Waals surface area contributed by atoms with E-state index in [1.807, 2.05) is 0 Å². The van der Waals surface area contributed by atoms with E-state index in [0.29, 0.717) is 6.42 Å². The number of carbonyl (C=O) groups excluding carboxylic acids is 1. The Morgan fingerprint density at radius 3 is 2.41 bits per heavy atom. The second-order valence-corrected chi connectivity index (χ2v) is 11.9. The van der Waals surface area contributed by atoms with Crippen molar-refractivity contribution in [3.8, 4) is 11.8 Å². The molecule has 1 amide bonds. The summed E-state index contributed by atoms with van der Waals surface area (Å²) in [5.74, 6) is 6.27. The first kappa shape index (κ1) is 21.0. The molecule has 0 aliphatic heterocycles. The fourth-order valence-electron chi connectivity index (χ4n) is 1.66. The molecule has 4 nitrogen and oxygen atoms in total. The van der Waals surface area contributed by atoms with Gasteiger partial charge in [-0.3, -0.25) is 0 Å². The Kier molecular flexibility index (Phi) is 9.46. The van der Waals surface area contributed by atoms with Gasteiger partial charge in [-0.05, 0) is 31.0 Å². The lowest BCUT2D eigenvalue weighted by Crippen LogP contribution is -2.43. The Labute approximate surface area is 137 Å². The Morgan fingerprint density at radius 1 is 1.27 bits per heavy atom. The van der Waals surface area contributed by atoms with Crippen LogP contribution < -0.4 is 5.73 Å². The molecule has 0 fully saturated rings. The van der Waals surface area contributed by atoms with Crippen LogP contribution >= 0.6 is 0 Å². The van der Waals surface area contributed by atoms with Crippen LogP contribution in [0.25, 0.3) is 0 Å². The Morgan fingerprint density at radius 2 is 1.91 bits per heavy atom. The summed E-state index contributed by atoms with van der Waals surface area (Å²) < 4.78 is 11.1. The largest absolute Gasteiger partial charge is 0.449 e. The molecule has 0 aliphatic carbocycles.